The molecule has 0 aromatic heterocycles. The minimum Gasteiger partial charge on any atom is -0.459 e. The molecule has 0 atom stereocenters. The van der Waals surface area contributed by atoms with Crippen LogP contribution in [0.5, 0.6) is 5.75 Å². The predicted molar refractivity (Wildman–Crippen MR) is 114 cm³/mol. The number of allylic oxidation sites excluding steroid dienone is 1. The standard InChI is InChI=1S/C26H17F7O/c1-2-3-15-4-6-18(20(27)10-15)17-13-21(28)19(22(29)14-17)7-5-16-11-23(30)26(24(31)12-16)34-9-8-25(32)33/h4,6,8-14,25H,2-3H2,1H3/b9-8+. The molecule has 0 aliphatic rings. The topological polar surface area (TPSA) is 9.23 Å². The molecule has 1 nitrogen and oxygen atoms in total. The van der Waals surface area contributed by atoms with E-state index in [1.54, 1.807) is 6.07 Å². The summed E-state index contributed by atoms with van der Waals surface area (Å²) in [5.74, 6) is -1.82. The van der Waals surface area contributed by atoms with Crippen molar-refractivity contribution in [1.29, 1.82) is 0 Å². The molecule has 3 rings (SSSR count). The molecular formula is C26H17F7O. The predicted octanol–water partition coefficient (Wildman–Crippen LogP) is 7.56. The Balaban J connectivity index is 1.89. The van der Waals surface area contributed by atoms with Crippen LogP contribution in [0.1, 0.15) is 30.0 Å². The van der Waals surface area contributed by atoms with E-state index in [1.165, 1.54) is 12.1 Å². The van der Waals surface area contributed by atoms with E-state index in [9.17, 15) is 30.7 Å². The summed E-state index contributed by atoms with van der Waals surface area (Å²) in [4.78, 5) is 0. The molecule has 0 amide bonds. The van der Waals surface area contributed by atoms with Crippen molar-refractivity contribution in [3.05, 3.63) is 101 Å². The lowest BCUT2D eigenvalue weighted by Gasteiger charge is -2.08. The summed E-state index contributed by atoms with van der Waals surface area (Å²) in [5.41, 5.74) is -0.212. The van der Waals surface area contributed by atoms with Gasteiger partial charge in [-0.15, -0.1) is 0 Å². The van der Waals surface area contributed by atoms with Crippen LogP contribution in [0.3, 0.4) is 0 Å². The lowest BCUT2D eigenvalue weighted by molar-refractivity contribution is 0.200. The van der Waals surface area contributed by atoms with Gasteiger partial charge in [0.15, 0.2) is 17.4 Å². The van der Waals surface area contributed by atoms with Crippen LogP contribution in [0, 0.1) is 40.9 Å². The van der Waals surface area contributed by atoms with Gasteiger partial charge < -0.3 is 4.74 Å². The molecular weight excluding hydrogens is 461 g/mol. The molecule has 0 unspecified atom stereocenters. The van der Waals surface area contributed by atoms with Gasteiger partial charge >= 0.3 is 0 Å². The average molecular weight is 478 g/mol. The highest BCUT2D eigenvalue weighted by Crippen LogP contribution is 2.28. The number of rotatable bonds is 6. The van der Waals surface area contributed by atoms with Gasteiger partial charge in [-0.25, -0.2) is 30.7 Å². The van der Waals surface area contributed by atoms with Gasteiger partial charge in [-0.3, -0.25) is 0 Å². The normalized spacial score (nSPS) is 11.1. The second-order valence-corrected chi connectivity index (χ2v) is 7.18. The zero-order chi connectivity index (χ0) is 24.8. The Morgan fingerprint density at radius 3 is 2.03 bits per heavy atom. The fraction of sp³-hybridized carbons (Fsp3) is 0.154. The van der Waals surface area contributed by atoms with Gasteiger partial charge in [0.05, 0.1) is 11.8 Å². The molecule has 0 radical (unpaired) electrons. The van der Waals surface area contributed by atoms with E-state index in [1.807, 2.05) is 6.92 Å². The maximum atomic E-state index is 14.6. The van der Waals surface area contributed by atoms with Crippen molar-refractivity contribution in [2.24, 2.45) is 0 Å². The summed E-state index contributed by atoms with van der Waals surface area (Å²) < 4.78 is 100. The van der Waals surface area contributed by atoms with Crippen LogP contribution in [-0.2, 0) is 6.42 Å². The molecule has 176 valence electrons. The Morgan fingerprint density at radius 1 is 0.824 bits per heavy atom. The third kappa shape index (κ3) is 5.98. The molecule has 0 bridgehead atoms. The van der Waals surface area contributed by atoms with Crippen LogP contribution in [0.15, 0.2) is 54.8 Å². The summed E-state index contributed by atoms with van der Waals surface area (Å²) in [6, 6.07) is 7.69. The third-order valence-corrected chi connectivity index (χ3v) is 4.67. The fourth-order valence-corrected chi connectivity index (χ4v) is 3.13. The molecule has 3 aromatic rings. The molecule has 0 heterocycles. The molecule has 34 heavy (non-hydrogen) atoms. The van der Waals surface area contributed by atoms with Crippen LogP contribution in [0.4, 0.5) is 30.7 Å². The summed E-state index contributed by atoms with van der Waals surface area (Å²) in [5, 5.41) is 0. The van der Waals surface area contributed by atoms with E-state index in [0.29, 0.717) is 12.7 Å². The monoisotopic (exact) mass is 478 g/mol. The summed E-state index contributed by atoms with van der Waals surface area (Å²) in [7, 11) is 0. The van der Waals surface area contributed by atoms with Crippen molar-refractivity contribution in [2.75, 3.05) is 0 Å². The first-order chi connectivity index (χ1) is 16.2. The fourth-order valence-electron chi connectivity index (χ4n) is 3.13. The Kier molecular flexibility index (Phi) is 8.00. The van der Waals surface area contributed by atoms with Crippen molar-refractivity contribution in [1.82, 2.24) is 0 Å². The van der Waals surface area contributed by atoms with E-state index < -0.39 is 46.8 Å². The summed E-state index contributed by atoms with van der Waals surface area (Å²) in [6.45, 7) is 1.94. The minimum atomic E-state index is -2.87. The number of aryl methyl sites for hydroxylation is 1. The second-order valence-electron chi connectivity index (χ2n) is 7.18. The summed E-state index contributed by atoms with van der Waals surface area (Å²) >= 11 is 0. The highest BCUT2D eigenvalue weighted by molar-refractivity contribution is 5.66. The lowest BCUT2D eigenvalue weighted by Crippen LogP contribution is -1.96. The van der Waals surface area contributed by atoms with Crippen molar-refractivity contribution in [2.45, 2.75) is 26.2 Å². The first-order valence-corrected chi connectivity index (χ1v) is 10.1. The molecule has 0 aliphatic carbocycles. The van der Waals surface area contributed by atoms with Crippen molar-refractivity contribution in [3.8, 4) is 28.7 Å². The average Bonchev–Trinajstić information content (AvgIpc) is 2.75. The van der Waals surface area contributed by atoms with E-state index in [-0.39, 0.29) is 22.8 Å². The van der Waals surface area contributed by atoms with Gasteiger partial charge in [0.25, 0.3) is 6.43 Å². The largest absolute Gasteiger partial charge is 0.459 e. The van der Waals surface area contributed by atoms with E-state index >= 15 is 0 Å². The number of halogens is 7. The Hall–Kier alpha value is -3.73. The van der Waals surface area contributed by atoms with Gasteiger partial charge in [0, 0.05) is 17.2 Å². The minimum absolute atomic E-state index is 0.0118. The molecule has 0 spiro atoms. The van der Waals surface area contributed by atoms with E-state index in [4.69, 9.17) is 0 Å². The Bertz CT molecular complexity index is 1240. The number of ether oxygens (including phenoxy) is 1. The number of benzene rings is 3. The van der Waals surface area contributed by atoms with Crippen molar-refractivity contribution in [3.63, 3.8) is 0 Å². The second kappa shape index (κ2) is 10.9. The molecule has 8 heteroatoms. The van der Waals surface area contributed by atoms with E-state index in [2.05, 4.69) is 16.6 Å². The molecule has 0 saturated carbocycles. The van der Waals surface area contributed by atoms with Crippen LogP contribution in [0.25, 0.3) is 11.1 Å². The van der Waals surface area contributed by atoms with Gasteiger partial charge in [-0.1, -0.05) is 37.3 Å². The molecule has 0 saturated heterocycles. The SMILES string of the molecule is CCCc1ccc(-c2cc(F)c(C#Cc3cc(F)c(O/C=C/C(F)F)c(F)c3)c(F)c2)c(F)c1. The number of alkyl halides is 2. The summed E-state index contributed by atoms with van der Waals surface area (Å²) in [6.07, 6.45) is -0.675. The molecule has 3 aromatic carbocycles. The maximum absolute atomic E-state index is 14.6. The zero-order valence-electron chi connectivity index (χ0n) is 17.7. The first kappa shape index (κ1) is 24.9. The number of hydrogen-bond donors (Lipinski definition) is 0. The van der Waals surface area contributed by atoms with Crippen LogP contribution >= 0.6 is 0 Å². The maximum Gasteiger partial charge on any atom is 0.260 e. The lowest BCUT2D eigenvalue weighted by atomic mass is 9.99. The van der Waals surface area contributed by atoms with Gasteiger partial charge in [-0.05, 0) is 47.9 Å². The van der Waals surface area contributed by atoms with Gasteiger partial charge in [-0.2, -0.15) is 0 Å². The number of hydrogen-bond acceptors (Lipinski definition) is 1. The van der Waals surface area contributed by atoms with Gasteiger partial charge in [0.1, 0.15) is 17.5 Å². The van der Waals surface area contributed by atoms with E-state index in [0.717, 1.165) is 36.2 Å². The van der Waals surface area contributed by atoms with Crippen LogP contribution < -0.4 is 4.74 Å². The Labute approximate surface area is 191 Å². The molecule has 0 aliphatic heterocycles. The van der Waals surface area contributed by atoms with Crippen molar-refractivity contribution >= 4 is 0 Å². The van der Waals surface area contributed by atoms with Crippen LogP contribution in [0.2, 0.25) is 0 Å². The zero-order valence-corrected chi connectivity index (χ0v) is 17.7. The Morgan fingerprint density at radius 2 is 1.47 bits per heavy atom. The van der Waals surface area contributed by atoms with Crippen molar-refractivity contribution < 1.29 is 35.5 Å². The first-order valence-electron chi connectivity index (χ1n) is 10.1. The highest BCUT2D eigenvalue weighted by Gasteiger charge is 2.15. The molecule has 0 fully saturated rings. The third-order valence-electron chi connectivity index (χ3n) is 4.67. The van der Waals surface area contributed by atoms with Gasteiger partial charge in [0.2, 0.25) is 0 Å². The quantitative estimate of drug-likeness (QED) is 0.202. The van der Waals surface area contributed by atoms with Crippen LogP contribution in [-0.4, -0.2) is 6.43 Å². The molecule has 0 N–H and O–H groups in total. The smallest absolute Gasteiger partial charge is 0.260 e. The highest BCUT2D eigenvalue weighted by atomic mass is 19.3.